The Balaban J connectivity index is 2.47. The van der Waals surface area contributed by atoms with Gasteiger partial charge in [-0.05, 0) is 42.3 Å². The molecule has 2 rings (SSSR count). The summed E-state index contributed by atoms with van der Waals surface area (Å²) < 4.78 is 14.8. The van der Waals surface area contributed by atoms with Crippen LogP contribution >= 0.6 is 15.9 Å². The number of carboxylic acids is 1. The van der Waals surface area contributed by atoms with Crippen LogP contribution in [0, 0.1) is 5.82 Å². The van der Waals surface area contributed by atoms with E-state index in [0.717, 1.165) is 16.5 Å². The van der Waals surface area contributed by atoms with Crippen LogP contribution in [0.4, 0.5) is 15.8 Å². The van der Waals surface area contributed by atoms with Crippen molar-refractivity contribution in [2.24, 2.45) is 0 Å². The highest BCUT2D eigenvalue weighted by Gasteiger charge is 2.15. The van der Waals surface area contributed by atoms with Crippen molar-refractivity contribution >= 4 is 33.3 Å². The summed E-state index contributed by atoms with van der Waals surface area (Å²) in [7, 11) is 0. The van der Waals surface area contributed by atoms with E-state index in [-0.39, 0.29) is 11.3 Å². The van der Waals surface area contributed by atoms with E-state index in [4.69, 9.17) is 5.11 Å². The molecule has 0 aliphatic rings. The van der Waals surface area contributed by atoms with Gasteiger partial charge in [-0.25, -0.2) is 9.18 Å². The molecule has 2 N–H and O–H groups in total. The molecule has 0 radical (unpaired) electrons. The maximum atomic E-state index is 13.9. The molecule has 0 amide bonds. The molecule has 0 unspecified atom stereocenters. The number of carbonyl (C=O) groups is 1. The van der Waals surface area contributed by atoms with Crippen molar-refractivity contribution in [1.29, 1.82) is 0 Å². The quantitative estimate of drug-likeness (QED) is 0.857. The highest BCUT2D eigenvalue weighted by atomic mass is 79.9. The van der Waals surface area contributed by atoms with Gasteiger partial charge < -0.3 is 10.4 Å². The van der Waals surface area contributed by atoms with Crippen LogP contribution in [0.15, 0.2) is 40.9 Å². The van der Waals surface area contributed by atoms with Crippen molar-refractivity contribution in [2.45, 2.75) is 13.3 Å². The number of halogens is 2. The molecule has 5 heteroatoms. The summed E-state index contributed by atoms with van der Waals surface area (Å²) in [6.45, 7) is 1.98. The Hall–Kier alpha value is -1.88. The van der Waals surface area contributed by atoms with Gasteiger partial charge in [0, 0.05) is 10.2 Å². The summed E-state index contributed by atoms with van der Waals surface area (Å²) in [6.07, 6.45) is 0.749. The zero-order valence-electron chi connectivity index (χ0n) is 10.8. The minimum Gasteiger partial charge on any atom is -0.478 e. The van der Waals surface area contributed by atoms with E-state index in [1.165, 1.54) is 18.2 Å². The predicted octanol–water partition coefficient (Wildman–Crippen LogP) is 4.59. The smallest absolute Gasteiger partial charge is 0.337 e. The Labute approximate surface area is 124 Å². The molecule has 0 atom stereocenters. The Bertz CT molecular complexity index is 658. The molecule has 20 heavy (non-hydrogen) atoms. The number of para-hydroxylation sites is 1. The maximum Gasteiger partial charge on any atom is 0.337 e. The fraction of sp³-hybridized carbons (Fsp3) is 0.133. The third-order valence-corrected chi connectivity index (χ3v) is 3.45. The van der Waals surface area contributed by atoms with Crippen molar-refractivity contribution in [2.75, 3.05) is 5.32 Å². The van der Waals surface area contributed by atoms with Crippen molar-refractivity contribution in [1.82, 2.24) is 0 Å². The van der Waals surface area contributed by atoms with Gasteiger partial charge in [0.15, 0.2) is 0 Å². The molecule has 0 spiro atoms. The fourth-order valence-electron chi connectivity index (χ4n) is 1.94. The minimum absolute atomic E-state index is 0.0166. The molecule has 104 valence electrons. The SMILES string of the molecule is CCc1cc(Br)ccc1Nc1c(F)cccc1C(=O)O. The molecule has 0 saturated carbocycles. The van der Waals surface area contributed by atoms with Crippen LogP contribution in [0.5, 0.6) is 0 Å². The normalized spacial score (nSPS) is 10.3. The van der Waals surface area contributed by atoms with Gasteiger partial charge in [-0.15, -0.1) is 0 Å². The Morgan fingerprint density at radius 1 is 1.35 bits per heavy atom. The molecule has 0 aliphatic carbocycles. The van der Waals surface area contributed by atoms with Gasteiger partial charge in [0.1, 0.15) is 5.82 Å². The van der Waals surface area contributed by atoms with Gasteiger partial charge in [0.05, 0.1) is 11.3 Å². The first-order chi connectivity index (χ1) is 9.52. The van der Waals surface area contributed by atoms with Crippen molar-refractivity contribution in [3.05, 3.63) is 57.8 Å². The van der Waals surface area contributed by atoms with Crippen LogP contribution in [-0.2, 0) is 6.42 Å². The van der Waals surface area contributed by atoms with E-state index in [0.29, 0.717) is 5.69 Å². The monoisotopic (exact) mass is 337 g/mol. The predicted molar refractivity (Wildman–Crippen MR) is 80.2 cm³/mol. The van der Waals surface area contributed by atoms with Gasteiger partial charge in [-0.1, -0.05) is 28.9 Å². The average Bonchev–Trinajstić information content (AvgIpc) is 2.42. The van der Waals surface area contributed by atoms with Crippen LogP contribution in [-0.4, -0.2) is 11.1 Å². The van der Waals surface area contributed by atoms with Gasteiger partial charge in [0.2, 0.25) is 0 Å². The van der Waals surface area contributed by atoms with E-state index in [1.54, 1.807) is 6.07 Å². The van der Waals surface area contributed by atoms with Gasteiger partial charge in [-0.3, -0.25) is 0 Å². The number of rotatable bonds is 4. The summed E-state index contributed by atoms with van der Waals surface area (Å²) >= 11 is 3.38. The highest BCUT2D eigenvalue weighted by Crippen LogP contribution is 2.28. The molecule has 0 bridgehead atoms. The Morgan fingerprint density at radius 3 is 2.75 bits per heavy atom. The van der Waals surface area contributed by atoms with Gasteiger partial charge in [0.25, 0.3) is 0 Å². The summed E-state index contributed by atoms with van der Waals surface area (Å²) in [6, 6.07) is 9.52. The van der Waals surface area contributed by atoms with E-state index >= 15 is 0 Å². The molecule has 0 heterocycles. The Kier molecular flexibility index (Phi) is 4.39. The minimum atomic E-state index is -1.16. The lowest BCUT2D eigenvalue weighted by atomic mass is 10.1. The number of nitrogens with one attached hydrogen (secondary N) is 1. The molecule has 0 saturated heterocycles. The van der Waals surface area contributed by atoms with Crippen molar-refractivity contribution < 1.29 is 14.3 Å². The second kappa shape index (κ2) is 6.05. The number of benzene rings is 2. The molecule has 0 aliphatic heterocycles. The first-order valence-corrected chi connectivity index (χ1v) is 6.89. The zero-order valence-corrected chi connectivity index (χ0v) is 12.4. The topological polar surface area (TPSA) is 49.3 Å². The average molecular weight is 338 g/mol. The lowest BCUT2D eigenvalue weighted by Gasteiger charge is -2.14. The number of hydrogen-bond donors (Lipinski definition) is 2. The second-order valence-corrected chi connectivity index (χ2v) is 5.16. The summed E-state index contributed by atoms with van der Waals surface area (Å²) in [4.78, 5) is 11.2. The lowest BCUT2D eigenvalue weighted by molar-refractivity contribution is 0.0697. The lowest BCUT2D eigenvalue weighted by Crippen LogP contribution is -2.06. The Morgan fingerprint density at radius 2 is 2.10 bits per heavy atom. The third-order valence-electron chi connectivity index (χ3n) is 2.95. The molecule has 0 aromatic heterocycles. The van der Waals surface area contributed by atoms with Crippen LogP contribution in [0.25, 0.3) is 0 Å². The number of aryl methyl sites for hydroxylation is 1. The maximum absolute atomic E-state index is 13.9. The van der Waals surface area contributed by atoms with E-state index in [1.807, 2.05) is 19.1 Å². The number of anilines is 2. The van der Waals surface area contributed by atoms with Crippen LogP contribution in [0.1, 0.15) is 22.8 Å². The molecular weight excluding hydrogens is 325 g/mol. The largest absolute Gasteiger partial charge is 0.478 e. The van der Waals surface area contributed by atoms with E-state index in [9.17, 15) is 9.18 Å². The number of aromatic carboxylic acids is 1. The second-order valence-electron chi connectivity index (χ2n) is 4.25. The van der Waals surface area contributed by atoms with Crippen LogP contribution in [0.3, 0.4) is 0 Å². The first kappa shape index (κ1) is 14.5. The fourth-order valence-corrected chi connectivity index (χ4v) is 2.35. The summed E-state index contributed by atoms with van der Waals surface area (Å²) in [5.74, 6) is -1.75. The van der Waals surface area contributed by atoms with Crippen LogP contribution < -0.4 is 5.32 Å². The standard InChI is InChI=1S/C15H13BrFNO2/c1-2-9-8-10(16)6-7-13(9)18-14-11(15(19)20)4-3-5-12(14)17/h3-8,18H,2H2,1H3,(H,19,20). The zero-order chi connectivity index (χ0) is 14.7. The van der Waals surface area contributed by atoms with E-state index in [2.05, 4.69) is 21.2 Å². The van der Waals surface area contributed by atoms with Crippen molar-refractivity contribution in [3.63, 3.8) is 0 Å². The molecule has 2 aromatic carbocycles. The van der Waals surface area contributed by atoms with Crippen LogP contribution in [0.2, 0.25) is 0 Å². The van der Waals surface area contributed by atoms with E-state index < -0.39 is 11.8 Å². The first-order valence-electron chi connectivity index (χ1n) is 6.10. The van der Waals surface area contributed by atoms with Crippen molar-refractivity contribution in [3.8, 4) is 0 Å². The van der Waals surface area contributed by atoms with Gasteiger partial charge in [-0.2, -0.15) is 0 Å². The molecular formula is C15H13BrFNO2. The highest BCUT2D eigenvalue weighted by molar-refractivity contribution is 9.10. The molecule has 0 fully saturated rings. The summed E-state index contributed by atoms with van der Waals surface area (Å²) in [5, 5.41) is 12.0. The molecule has 3 nitrogen and oxygen atoms in total. The van der Waals surface area contributed by atoms with Gasteiger partial charge >= 0.3 is 5.97 Å². The third kappa shape index (κ3) is 2.99. The number of carboxylic acid groups (broad SMARTS) is 1. The molecule has 2 aromatic rings. The summed E-state index contributed by atoms with van der Waals surface area (Å²) in [5.41, 5.74) is 1.56. The number of hydrogen-bond acceptors (Lipinski definition) is 2.